The fraction of sp³-hybridized carbons (Fsp3) is 0.727. The molecule has 0 fully saturated rings. The predicted octanol–water partition coefficient (Wildman–Crippen LogP) is 2.44. The number of rotatable bonds is 6. The van der Waals surface area contributed by atoms with E-state index >= 15 is 0 Å². The summed E-state index contributed by atoms with van der Waals surface area (Å²) in [6.45, 7) is 10.9. The second-order valence-electron chi connectivity index (χ2n) is 4.19. The van der Waals surface area contributed by atoms with Gasteiger partial charge in [0.05, 0.1) is 0 Å². The fourth-order valence-electron chi connectivity index (χ4n) is 1.51. The molecule has 0 unspecified atom stereocenters. The normalized spacial score (nSPS) is 10.7. The molecule has 0 saturated heterocycles. The Morgan fingerprint density at radius 1 is 1.24 bits per heavy atom. The van der Waals surface area contributed by atoms with Crippen LogP contribution in [0.15, 0.2) is 0 Å². The van der Waals surface area contributed by atoms with Crippen LogP contribution in [0.5, 0.6) is 0 Å². The first-order valence-electron chi connectivity index (χ1n) is 5.97. The van der Waals surface area contributed by atoms with Gasteiger partial charge in [-0.1, -0.05) is 13.8 Å². The molecule has 1 N–H and O–H groups in total. The Balaban J connectivity index is 2.93. The van der Waals surface area contributed by atoms with E-state index in [2.05, 4.69) is 45.9 Å². The van der Waals surface area contributed by atoms with Crippen LogP contribution in [0.2, 0.25) is 5.28 Å². The van der Waals surface area contributed by atoms with E-state index in [1.165, 1.54) is 0 Å². The quantitative estimate of drug-likeness (QED) is 0.848. The van der Waals surface area contributed by atoms with Gasteiger partial charge in [-0.15, -0.1) is 0 Å². The molecule has 1 aromatic rings. The van der Waals surface area contributed by atoms with Crippen molar-refractivity contribution in [1.29, 1.82) is 0 Å². The van der Waals surface area contributed by atoms with Gasteiger partial charge < -0.3 is 10.2 Å². The Bertz CT molecular complexity index is 356. The molecule has 1 rings (SSSR count). The highest BCUT2D eigenvalue weighted by molar-refractivity contribution is 6.28. The number of hydrogen-bond donors (Lipinski definition) is 1. The number of aromatic nitrogens is 3. The van der Waals surface area contributed by atoms with Crippen molar-refractivity contribution in [3.05, 3.63) is 5.28 Å². The lowest BCUT2D eigenvalue weighted by Gasteiger charge is -2.23. The van der Waals surface area contributed by atoms with Crippen molar-refractivity contribution < 1.29 is 0 Å². The minimum atomic E-state index is 0.230. The standard InChI is InChI=1S/C11H20ClN5/c1-5-13-10-14-9(12)15-11(16-10)17(6-2)7-8(3)4/h8H,5-7H2,1-4H3,(H,13,14,15,16). The van der Waals surface area contributed by atoms with Gasteiger partial charge in [0.25, 0.3) is 0 Å². The highest BCUT2D eigenvalue weighted by Gasteiger charge is 2.12. The molecule has 0 radical (unpaired) electrons. The van der Waals surface area contributed by atoms with Gasteiger partial charge in [-0.2, -0.15) is 15.0 Å². The third kappa shape index (κ3) is 4.34. The molecule has 0 spiro atoms. The van der Waals surface area contributed by atoms with E-state index in [1.807, 2.05) is 6.92 Å². The molecule has 5 nitrogen and oxygen atoms in total. The summed E-state index contributed by atoms with van der Waals surface area (Å²) in [6, 6.07) is 0. The maximum Gasteiger partial charge on any atom is 0.231 e. The third-order valence-corrected chi connectivity index (χ3v) is 2.35. The van der Waals surface area contributed by atoms with E-state index in [1.54, 1.807) is 0 Å². The van der Waals surface area contributed by atoms with Crippen LogP contribution in [0.1, 0.15) is 27.7 Å². The van der Waals surface area contributed by atoms with Crippen molar-refractivity contribution in [3.8, 4) is 0 Å². The fourth-order valence-corrected chi connectivity index (χ4v) is 1.67. The highest BCUT2D eigenvalue weighted by Crippen LogP contribution is 2.14. The summed E-state index contributed by atoms with van der Waals surface area (Å²) in [5.74, 6) is 1.72. The Hall–Kier alpha value is -1.10. The smallest absolute Gasteiger partial charge is 0.231 e. The van der Waals surface area contributed by atoms with Gasteiger partial charge >= 0.3 is 0 Å². The SMILES string of the molecule is CCNc1nc(Cl)nc(N(CC)CC(C)C)n1. The average molecular weight is 258 g/mol. The Kier molecular flexibility index (Phi) is 5.41. The highest BCUT2D eigenvalue weighted by atomic mass is 35.5. The van der Waals surface area contributed by atoms with Crippen LogP contribution in [-0.2, 0) is 0 Å². The van der Waals surface area contributed by atoms with Crippen molar-refractivity contribution >= 4 is 23.5 Å². The van der Waals surface area contributed by atoms with Crippen molar-refractivity contribution in [2.24, 2.45) is 5.92 Å². The summed E-state index contributed by atoms with van der Waals surface area (Å²) >= 11 is 5.89. The molecule has 0 aromatic carbocycles. The molecule has 0 bridgehead atoms. The first-order chi connectivity index (χ1) is 8.06. The average Bonchev–Trinajstić information content (AvgIpc) is 2.25. The van der Waals surface area contributed by atoms with Crippen LogP contribution >= 0.6 is 11.6 Å². The molecule has 0 aliphatic carbocycles. The van der Waals surface area contributed by atoms with Gasteiger partial charge in [-0.05, 0) is 31.4 Å². The van der Waals surface area contributed by atoms with E-state index in [9.17, 15) is 0 Å². The number of nitrogens with one attached hydrogen (secondary N) is 1. The Morgan fingerprint density at radius 3 is 2.47 bits per heavy atom. The lowest BCUT2D eigenvalue weighted by atomic mass is 10.2. The number of anilines is 2. The van der Waals surface area contributed by atoms with Crippen molar-refractivity contribution in [2.45, 2.75) is 27.7 Å². The van der Waals surface area contributed by atoms with Crippen LogP contribution in [0.25, 0.3) is 0 Å². The van der Waals surface area contributed by atoms with E-state index < -0.39 is 0 Å². The number of halogens is 1. The first-order valence-corrected chi connectivity index (χ1v) is 6.35. The topological polar surface area (TPSA) is 53.9 Å². The summed E-state index contributed by atoms with van der Waals surface area (Å²) in [4.78, 5) is 14.6. The van der Waals surface area contributed by atoms with Gasteiger partial charge in [0.2, 0.25) is 17.2 Å². The zero-order valence-electron chi connectivity index (χ0n) is 10.9. The largest absolute Gasteiger partial charge is 0.354 e. The second kappa shape index (κ2) is 6.59. The number of nitrogens with zero attached hydrogens (tertiary/aromatic N) is 4. The minimum Gasteiger partial charge on any atom is -0.354 e. The van der Waals surface area contributed by atoms with E-state index in [-0.39, 0.29) is 5.28 Å². The molecule has 6 heteroatoms. The molecule has 0 aliphatic rings. The first kappa shape index (κ1) is 14.0. The molecule has 0 saturated carbocycles. The van der Waals surface area contributed by atoms with Crippen LogP contribution in [0.4, 0.5) is 11.9 Å². The molecule has 0 amide bonds. The Morgan fingerprint density at radius 2 is 1.94 bits per heavy atom. The van der Waals surface area contributed by atoms with Gasteiger partial charge in [0.1, 0.15) is 0 Å². The molecule has 1 heterocycles. The summed E-state index contributed by atoms with van der Waals surface area (Å²) in [6.07, 6.45) is 0. The predicted molar refractivity (Wildman–Crippen MR) is 71.7 cm³/mol. The zero-order chi connectivity index (χ0) is 12.8. The van der Waals surface area contributed by atoms with Crippen LogP contribution in [0, 0.1) is 5.92 Å². The third-order valence-electron chi connectivity index (χ3n) is 2.18. The van der Waals surface area contributed by atoms with Crippen molar-refractivity contribution in [1.82, 2.24) is 15.0 Å². The van der Waals surface area contributed by atoms with Crippen LogP contribution < -0.4 is 10.2 Å². The van der Waals surface area contributed by atoms with Gasteiger partial charge in [-0.3, -0.25) is 0 Å². The molecular formula is C11H20ClN5. The molecule has 96 valence electrons. The van der Waals surface area contributed by atoms with Crippen LogP contribution in [0.3, 0.4) is 0 Å². The molecule has 1 aromatic heterocycles. The van der Waals surface area contributed by atoms with E-state index in [0.29, 0.717) is 17.8 Å². The molecule has 0 aliphatic heterocycles. The summed E-state index contributed by atoms with van der Waals surface area (Å²) in [7, 11) is 0. The minimum absolute atomic E-state index is 0.230. The summed E-state index contributed by atoms with van der Waals surface area (Å²) < 4.78 is 0. The molecule has 17 heavy (non-hydrogen) atoms. The van der Waals surface area contributed by atoms with Gasteiger partial charge in [0.15, 0.2) is 0 Å². The summed E-state index contributed by atoms with van der Waals surface area (Å²) in [5.41, 5.74) is 0. The van der Waals surface area contributed by atoms with Gasteiger partial charge in [-0.25, -0.2) is 0 Å². The lowest BCUT2D eigenvalue weighted by Crippen LogP contribution is -2.29. The second-order valence-corrected chi connectivity index (χ2v) is 4.53. The monoisotopic (exact) mass is 257 g/mol. The zero-order valence-corrected chi connectivity index (χ0v) is 11.6. The van der Waals surface area contributed by atoms with E-state index in [0.717, 1.165) is 19.6 Å². The molecule has 0 atom stereocenters. The summed E-state index contributed by atoms with van der Waals surface area (Å²) in [5, 5.41) is 3.28. The van der Waals surface area contributed by atoms with Crippen molar-refractivity contribution in [2.75, 3.05) is 29.9 Å². The van der Waals surface area contributed by atoms with E-state index in [4.69, 9.17) is 11.6 Å². The van der Waals surface area contributed by atoms with Crippen molar-refractivity contribution in [3.63, 3.8) is 0 Å². The van der Waals surface area contributed by atoms with Gasteiger partial charge in [0, 0.05) is 19.6 Å². The maximum atomic E-state index is 5.89. The molecular weight excluding hydrogens is 238 g/mol. The Labute approximate surface area is 108 Å². The van der Waals surface area contributed by atoms with Crippen LogP contribution in [-0.4, -0.2) is 34.6 Å². The maximum absolute atomic E-state index is 5.89. The number of hydrogen-bond acceptors (Lipinski definition) is 5. The lowest BCUT2D eigenvalue weighted by molar-refractivity contribution is 0.608.